The van der Waals surface area contributed by atoms with E-state index in [1.807, 2.05) is 36.4 Å². The van der Waals surface area contributed by atoms with Crippen molar-refractivity contribution in [3.8, 4) is 17.0 Å². The van der Waals surface area contributed by atoms with Gasteiger partial charge in [0.25, 0.3) is 0 Å². The van der Waals surface area contributed by atoms with Gasteiger partial charge in [0, 0.05) is 17.3 Å². The summed E-state index contributed by atoms with van der Waals surface area (Å²) in [4.78, 5) is 0. The van der Waals surface area contributed by atoms with Gasteiger partial charge in [0.2, 0.25) is 0 Å². The maximum atomic E-state index is 9.43. The Labute approximate surface area is 116 Å². The minimum Gasteiger partial charge on any atom is -0.508 e. The molecule has 0 radical (unpaired) electrons. The molecule has 20 heavy (non-hydrogen) atoms. The zero-order chi connectivity index (χ0) is 13.8. The van der Waals surface area contributed by atoms with E-state index in [1.54, 1.807) is 18.2 Å². The van der Waals surface area contributed by atoms with E-state index in [0.717, 1.165) is 22.6 Å². The summed E-state index contributed by atoms with van der Waals surface area (Å²) in [5, 5.41) is 23.7. The van der Waals surface area contributed by atoms with Crippen molar-refractivity contribution in [3.63, 3.8) is 0 Å². The predicted octanol–water partition coefficient (Wildman–Crippen LogP) is 2.79. The summed E-state index contributed by atoms with van der Waals surface area (Å²) in [5.74, 6) is 0.235. The molecule has 0 amide bonds. The fourth-order valence-electron chi connectivity index (χ4n) is 2.00. The summed E-state index contributed by atoms with van der Waals surface area (Å²) < 4.78 is 0. The van der Waals surface area contributed by atoms with Crippen molar-refractivity contribution in [3.05, 3.63) is 60.3 Å². The summed E-state index contributed by atoms with van der Waals surface area (Å²) in [6.45, 7) is 0.532. The van der Waals surface area contributed by atoms with Crippen molar-refractivity contribution in [2.45, 2.75) is 6.54 Å². The number of anilines is 1. The highest BCUT2D eigenvalue weighted by atomic mass is 16.3. The second kappa shape index (κ2) is 5.44. The molecule has 0 saturated heterocycles. The molecule has 2 aromatic carbocycles. The maximum Gasteiger partial charge on any atom is 0.117 e. The normalized spacial score (nSPS) is 10.4. The Morgan fingerprint density at radius 3 is 2.65 bits per heavy atom. The van der Waals surface area contributed by atoms with Gasteiger partial charge in [-0.1, -0.05) is 36.4 Å². The SMILES string of the molecule is Oc1cccc(NCc2n[nH]nc2-c2ccccc2)c1. The van der Waals surface area contributed by atoms with Crippen LogP contribution >= 0.6 is 0 Å². The standard InChI is InChI=1S/C15H14N4O/c20-13-8-4-7-12(9-13)16-10-14-15(18-19-17-14)11-5-2-1-3-6-11/h1-9,16,20H,10H2,(H,17,18,19). The second-order valence-corrected chi connectivity index (χ2v) is 4.39. The number of aromatic hydroxyl groups is 1. The van der Waals surface area contributed by atoms with Crippen LogP contribution in [0.1, 0.15) is 5.69 Å². The van der Waals surface area contributed by atoms with E-state index < -0.39 is 0 Å². The number of nitrogens with one attached hydrogen (secondary N) is 2. The maximum absolute atomic E-state index is 9.43. The van der Waals surface area contributed by atoms with E-state index in [1.165, 1.54) is 0 Å². The molecule has 3 N–H and O–H groups in total. The second-order valence-electron chi connectivity index (χ2n) is 4.39. The molecule has 0 aliphatic heterocycles. The Balaban J connectivity index is 1.78. The van der Waals surface area contributed by atoms with Crippen LogP contribution in [0.25, 0.3) is 11.3 Å². The molecule has 1 heterocycles. The highest BCUT2D eigenvalue weighted by Gasteiger charge is 2.09. The van der Waals surface area contributed by atoms with E-state index in [0.29, 0.717) is 6.54 Å². The van der Waals surface area contributed by atoms with Gasteiger partial charge in [-0.3, -0.25) is 0 Å². The molecular formula is C15H14N4O. The quantitative estimate of drug-likeness (QED) is 0.679. The average Bonchev–Trinajstić information content (AvgIpc) is 2.95. The van der Waals surface area contributed by atoms with Crippen molar-refractivity contribution >= 4 is 5.69 Å². The number of benzene rings is 2. The van der Waals surface area contributed by atoms with Crippen LogP contribution in [0.2, 0.25) is 0 Å². The fraction of sp³-hybridized carbons (Fsp3) is 0.0667. The molecule has 0 aliphatic carbocycles. The molecule has 0 bridgehead atoms. The summed E-state index contributed by atoms with van der Waals surface area (Å²) in [6, 6.07) is 16.9. The molecule has 1 aromatic heterocycles. The third kappa shape index (κ3) is 2.61. The van der Waals surface area contributed by atoms with Crippen LogP contribution in [0.5, 0.6) is 5.75 Å². The number of aromatic amines is 1. The van der Waals surface area contributed by atoms with Gasteiger partial charge >= 0.3 is 0 Å². The van der Waals surface area contributed by atoms with Gasteiger partial charge in [0.05, 0.1) is 6.54 Å². The highest BCUT2D eigenvalue weighted by Crippen LogP contribution is 2.21. The minimum atomic E-state index is 0.235. The van der Waals surface area contributed by atoms with E-state index in [2.05, 4.69) is 20.7 Å². The first-order chi connectivity index (χ1) is 9.83. The number of phenolic OH excluding ortho intramolecular Hbond substituents is 1. The van der Waals surface area contributed by atoms with Crippen LogP contribution < -0.4 is 5.32 Å². The summed E-state index contributed by atoms with van der Waals surface area (Å²) in [7, 11) is 0. The van der Waals surface area contributed by atoms with E-state index in [4.69, 9.17) is 0 Å². The van der Waals surface area contributed by atoms with Crippen LogP contribution in [0.15, 0.2) is 54.6 Å². The molecule has 0 spiro atoms. The van der Waals surface area contributed by atoms with Crippen molar-refractivity contribution in [1.82, 2.24) is 15.4 Å². The minimum absolute atomic E-state index is 0.235. The van der Waals surface area contributed by atoms with Gasteiger partial charge in [-0.15, -0.1) is 0 Å². The highest BCUT2D eigenvalue weighted by molar-refractivity contribution is 5.61. The Morgan fingerprint density at radius 2 is 1.85 bits per heavy atom. The van der Waals surface area contributed by atoms with E-state index in [9.17, 15) is 5.11 Å². The zero-order valence-corrected chi connectivity index (χ0v) is 10.7. The first-order valence-electron chi connectivity index (χ1n) is 6.31. The number of hydrogen-bond acceptors (Lipinski definition) is 4. The Hall–Kier alpha value is -2.82. The first-order valence-corrected chi connectivity index (χ1v) is 6.31. The number of H-pyrrole nitrogens is 1. The lowest BCUT2D eigenvalue weighted by Crippen LogP contribution is -2.01. The topological polar surface area (TPSA) is 73.8 Å². The largest absolute Gasteiger partial charge is 0.508 e. The molecular weight excluding hydrogens is 252 g/mol. The Morgan fingerprint density at radius 1 is 1.00 bits per heavy atom. The van der Waals surface area contributed by atoms with Gasteiger partial charge in [-0.25, -0.2) is 0 Å². The summed E-state index contributed by atoms with van der Waals surface area (Å²) in [6.07, 6.45) is 0. The molecule has 5 nitrogen and oxygen atoms in total. The number of nitrogens with zero attached hydrogens (tertiary/aromatic N) is 2. The molecule has 3 rings (SSSR count). The molecule has 5 heteroatoms. The third-order valence-corrected chi connectivity index (χ3v) is 2.97. The van der Waals surface area contributed by atoms with Gasteiger partial charge in [-0.2, -0.15) is 15.4 Å². The number of hydrogen-bond donors (Lipinski definition) is 3. The number of phenols is 1. The lowest BCUT2D eigenvalue weighted by atomic mass is 10.1. The van der Waals surface area contributed by atoms with Crippen molar-refractivity contribution in [2.75, 3.05) is 5.32 Å². The van der Waals surface area contributed by atoms with Crippen LogP contribution in [0, 0.1) is 0 Å². The molecule has 3 aromatic rings. The van der Waals surface area contributed by atoms with E-state index in [-0.39, 0.29) is 5.75 Å². The summed E-state index contributed by atoms with van der Waals surface area (Å²) in [5.41, 5.74) is 3.53. The van der Waals surface area contributed by atoms with Gasteiger partial charge in [0.15, 0.2) is 0 Å². The average molecular weight is 266 g/mol. The predicted molar refractivity (Wildman–Crippen MR) is 77.3 cm³/mol. The lowest BCUT2D eigenvalue weighted by Gasteiger charge is -2.06. The zero-order valence-electron chi connectivity index (χ0n) is 10.7. The third-order valence-electron chi connectivity index (χ3n) is 2.97. The molecule has 0 saturated carbocycles. The van der Waals surface area contributed by atoms with Crippen LogP contribution in [0.3, 0.4) is 0 Å². The molecule has 0 unspecified atom stereocenters. The molecule has 0 aliphatic rings. The van der Waals surface area contributed by atoms with Crippen LogP contribution in [-0.4, -0.2) is 20.5 Å². The van der Waals surface area contributed by atoms with Crippen molar-refractivity contribution in [1.29, 1.82) is 0 Å². The monoisotopic (exact) mass is 266 g/mol. The Bertz CT molecular complexity index is 694. The van der Waals surface area contributed by atoms with E-state index >= 15 is 0 Å². The molecule has 100 valence electrons. The first kappa shape index (κ1) is 12.2. The van der Waals surface area contributed by atoms with Crippen LogP contribution in [0.4, 0.5) is 5.69 Å². The van der Waals surface area contributed by atoms with Gasteiger partial charge in [-0.05, 0) is 12.1 Å². The smallest absolute Gasteiger partial charge is 0.117 e. The lowest BCUT2D eigenvalue weighted by molar-refractivity contribution is 0.475. The molecule has 0 fully saturated rings. The number of aromatic nitrogens is 3. The fourth-order valence-corrected chi connectivity index (χ4v) is 2.00. The van der Waals surface area contributed by atoms with Crippen molar-refractivity contribution < 1.29 is 5.11 Å². The van der Waals surface area contributed by atoms with Gasteiger partial charge in [0.1, 0.15) is 17.1 Å². The summed E-state index contributed by atoms with van der Waals surface area (Å²) >= 11 is 0. The van der Waals surface area contributed by atoms with Crippen molar-refractivity contribution in [2.24, 2.45) is 0 Å². The molecule has 0 atom stereocenters. The van der Waals surface area contributed by atoms with Crippen LogP contribution in [-0.2, 0) is 6.54 Å². The van der Waals surface area contributed by atoms with Gasteiger partial charge < -0.3 is 10.4 Å². The Kier molecular flexibility index (Phi) is 3.33. The number of rotatable bonds is 4.